The SMILES string of the molecule is CCc1cccc2c([C@H](CC(=O)NCc3ccco3)c3cc(C)ccc3F)c[nH]c12. The minimum atomic E-state index is -0.401. The van der Waals surface area contributed by atoms with Crippen molar-refractivity contribution in [2.45, 2.75) is 39.2 Å². The fourth-order valence-corrected chi connectivity index (χ4v) is 4.00. The molecule has 30 heavy (non-hydrogen) atoms. The molecule has 2 aromatic carbocycles. The van der Waals surface area contributed by atoms with Gasteiger partial charge in [-0.25, -0.2) is 4.39 Å². The summed E-state index contributed by atoms with van der Waals surface area (Å²) in [6, 6.07) is 14.8. The molecule has 0 unspecified atom stereocenters. The molecule has 0 saturated heterocycles. The van der Waals surface area contributed by atoms with Crippen LogP contribution in [0.15, 0.2) is 65.4 Å². The van der Waals surface area contributed by atoms with Gasteiger partial charge in [-0.2, -0.15) is 0 Å². The van der Waals surface area contributed by atoms with E-state index in [1.165, 1.54) is 11.6 Å². The first-order valence-electron chi connectivity index (χ1n) is 10.2. The molecule has 154 valence electrons. The number of aromatic amines is 1. The average Bonchev–Trinajstić information content (AvgIpc) is 3.42. The highest BCUT2D eigenvalue weighted by Gasteiger charge is 2.24. The van der Waals surface area contributed by atoms with E-state index in [9.17, 15) is 9.18 Å². The van der Waals surface area contributed by atoms with Gasteiger partial charge in [-0.1, -0.05) is 42.8 Å². The van der Waals surface area contributed by atoms with Crippen LogP contribution in [0.25, 0.3) is 10.9 Å². The van der Waals surface area contributed by atoms with Gasteiger partial charge in [0, 0.05) is 29.4 Å². The number of benzene rings is 2. The summed E-state index contributed by atoms with van der Waals surface area (Å²) in [5.41, 5.74) is 4.67. The van der Waals surface area contributed by atoms with Crippen molar-refractivity contribution in [3.63, 3.8) is 0 Å². The van der Waals surface area contributed by atoms with E-state index in [0.29, 0.717) is 17.9 Å². The summed E-state index contributed by atoms with van der Waals surface area (Å²) in [5, 5.41) is 3.91. The number of hydrogen-bond acceptors (Lipinski definition) is 2. The molecule has 0 bridgehead atoms. The van der Waals surface area contributed by atoms with Crippen LogP contribution in [0.1, 0.15) is 47.3 Å². The highest BCUT2D eigenvalue weighted by Crippen LogP contribution is 2.36. The molecule has 2 N–H and O–H groups in total. The van der Waals surface area contributed by atoms with E-state index in [-0.39, 0.29) is 18.1 Å². The third-order valence-corrected chi connectivity index (χ3v) is 5.55. The smallest absolute Gasteiger partial charge is 0.221 e. The Kier molecular flexibility index (Phi) is 5.70. The zero-order valence-corrected chi connectivity index (χ0v) is 17.2. The summed E-state index contributed by atoms with van der Waals surface area (Å²) in [6.45, 7) is 4.35. The Hall–Kier alpha value is -3.34. The van der Waals surface area contributed by atoms with E-state index in [0.717, 1.165) is 28.5 Å². The number of amides is 1. The number of aromatic nitrogens is 1. The van der Waals surface area contributed by atoms with Crippen molar-refractivity contribution >= 4 is 16.8 Å². The molecular weight excluding hydrogens is 379 g/mol. The van der Waals surface area contributed by atoms with Crippen molar-refractivity contribution in [2.75, 3.05) is 0 Å². The molecule has 0 aliphatic carbocycles. The summed E-state index contributed by atoms with van der Waals surface area (Å²) in [6.07, 6.45) is 4.52. The van der Waals surface area contributed by atoms with Crippen LogP contribution in [-0.2, 0) is 17.8 Å². The maximum Gasteiger partial charge on any atom is 0.221 e. The van der Waals surface area contributed by atoms with E-state index >= 15 is 0 Å². The number of halogens is 1. The molecule has 2 heterocycles. The Morgan fingerprint density at radius 2 is 2.03 bits per heavy atom. The fraction of sp³-hybridized carbons (Fsp3) is 0.240. The van der Waals surface area contributed by atoms with Gasteiger partial charge in [0.25, 0.3) is 0 Å². The topological polar surface area (TPSA) is 58.0 Å². The largest absolute Gasteiger partial charge is 0.467 e. The predicted octanol–water partition coefficient (Wildman–Crippen LogP) is 5.61. The van der Waals surface area contributed by atoms with Gasteiger partial charge in [0.2, 0.25) is 5.91 Å². The summed E-state index contributed by atoms with van der Waals surface area (Å²) in [5.74, 6) is -0.174. The Morgan fingerprint density at radius 3 is 2.80 bits per heavy atom. The van der Waals surface area contributed by atoms with E-state index < -0.39 is 5.92 Å². The lowest BCUT2D eigenvalue weighted by Crippen LogP contribution is -2.25. The predicted molar refractivity (Wildman–Crippen MR) is 116 cm³/mol. The summed E-state index contributed by atoms with van der Waals surface area (Å²) in [4.78, 5) is 16.1. The number of para-hydroxylation sites is 1. The lowest BCUT2D eigenvalue weighted by molar-refractivity contribution is -0.121. The van der Waals surface area contributed by atoms with Crippen LogP contribution in [0.2, 0.25) is 0 Å². The van der Waals surface area contributed by atoms with Crippen LogP contribution in [0, 0.1) is 12.7 Å². The maximum absolute atomic E-state index is 14.9. The molecule has 4 rings (SSSR count). The van der Waals surface area contributed by atoms with Crippen LogP contribution in [-0.4, -0.2) is 10.9 Å². The molecule has 1 atom stereocenters. The quantitative estimate of drug-likeness (QED) is 0.421. The van der Waals surface area contributed by atoms with Crippen molar-refractivity contribution in [3.8, 4) is 0 Å². The van der Waals surface area contributed by atoms with Crippen molar-refractivity contribution < 1.29 is 13.6 Å². The van der Waals surface area contributed by atoms with Crippen LogP contribution in [0.4, 0.5) is 4.39 Å². The van der Waals surface area contributed by atoms with Crippen molar-refractivity contribution in [2.24, 2.45) is 0 Å². The normalized spacial score (nSPS) is 12.2. The van der Waals surface area contributed by atoms with Crippen molar-refractivity contribution in [3.05, 3.63) is 94.8 Å². The number of hydrogen-bond donors (Lipinski definition) is 2. The molecule has 0 spiro atoms. The average molecular weight is 404 g/mol. The minimum Gasteiger partial charge on any atom is -0.467 e. The van der Waals surface area contributed by atoms with E-state index in [4.69, 9.17) is 4.42 Å². The number of furan rings is 1. The number of carbonyl (C=O) groups is 1. The van der Waals surface area contributed by atoms with Crippen LogP contribution >= 0.6 is 0 Å². The van der Waals surface area contributed by atoms with Gasteiger partial charge in [0.15, 0.2) is 0 Å². The van der Waals surface area contributed by atoms with Gasteiger partial charge >= 0.3 is 0 Å². The molecule has 0 saturated carbocycles. The Bertz CT molecular complexity index is 1160. The Balaban J connectivity index is 1.71. The summed E-state index contributed by atoms with van der Waals surface area (Å²) in [7, 11) is 0. The second-order valence-electron chi connectivity index (χ2n) is 7.58. The third kappa shape index (κ3) is 4.01. The number of H-pyrrole nitrogens is 1. The van der Waals surface area contributed by atoms with Crippen molar-refractivity contribution in [1.29, 1.82) is 0 Å². The lowest BCUT2D eigenvalue weighted by atomic mass is 9.86. The molecule has 0 radical (unpaired) electrons. The lowest BCUT2D eigenvalue weighted by Gasteiger charge is -2.18. The van der Waals surface area contributed by atoms with Gasteiger partial charge in [-0.05, 0) is 48.2 Å². The highest BCUT2D eigenvalue weighted by atomic mass is 19.1. The van der Waals surface area contributed by atoms with Gasteiger partial charge in [0.05, 0.1) is 12.8 Å². The standard InChI is InChI=1S/C25H25FN2O2/c1-3-17-6-4-8-19-22(15-28-25(17)19)20(21-12-16(2)9-10-23(21)26)13-24(29)27-14-18-7-5-11-30-18/h4-12,15,20,28H,3,13-14H2,1-2H3,(H,27,29)/t20-/m1/s1. The molecule has 0 aliphatic rings. The summed E-state index contributed by atoms with van der Waals surface area (Å²) >= 11 is 0. The highest BCUT2D eigenvalue weighted by molar-refractivity contribution is 5.88. The zero-order valence-electron chi connectivity index (χ0n) is 17.2. The monoisotopic (exact) mass is 404 g/mol. The first kappa shape index (κ1) is 20.0. The molecule has 5 heteroatoms. The van der Waals surface area contributed by atoms with Gasteiger partial charge < -0.3 is 14.7 Å². The van der Waals surface area contributed by atoms with E-state index in [1.54, 1.807) is 18.4 Å². The molecule has 1 amide bonds. The second-order valence-corrected chi connectivity index (χ2v) is 7.58. The fourth-order valence-electron chi connectivity index (χ4n) is 4.00. The first-order valence-corrected chi connectivity index (χ1v) is 10.2. The van der Waals surface area contributed by atoms with Gasteiger partial charge in [0.1, 0.15) is 11.6 Å². The van der Waals surface area contributed by atoms with Crippen LogP contribution in [0.3, 0.4) is 0 Å². The number of fused-ring (bicyclic) bond motifs is 1. The minimum absolute atomic E-state index is 0.143. The van der Waals surface area contributed by atoms with Crippen LogP contribution in [0.5, 0.6) is 0 Å². The van der Waals surface area contributed by atoms with Gasteiger partial charge in [-0.3, -0.25) is 4.79 Å². The zero-order chi connectivity index (χ0) is 21.1. The van der Waals surface area contributed by atoms with Crippen molar-refractivity contribution in [1.82, 2.24) is 10.3 Å². The number of aryl methyl sites for hydroxylation is 2. The Morgan fingerprint density at radius 1 is 1.17 bits per heavy atom. The Labute approximate surface area is 175 Å². The maximum atomic E-state index is 14.9. The molecule has 0 aliphatic heterocycles. The number of carbonyl (C=O) groups excluding carboxylic acids is 1. The van der Waals surface area contributed by atoms with E-state index in [2.05, 4.69) is 23.3 Å². The molecule has 2 aromatic heterocycles. The first-order chi connectivity index (χ1) is 14.6. The second kappa shape index (κ2) is 8.57. The van der Waals surface area contributed by atoms with Gasteiger partial charge in [-0.15, -0.1) is 0 Å². The molecule has 4 aromatic rings. The molecular formula is C25H25FN2O2. The summed E-state index contributed by atoms with van der Waals surface area (Å²) < 4.78 is 20.1. The molecule has 0 fully saturated rings. The van der Waals surface area contributed by atoms with Crippen LogP contribution < -0.4 is 5.32 Å². The number of nitrogens with one attached hydrogen (secondary N) is 2. The third-order valence-electron chi connectivity index (χ3n) is 5.55. The van der Waals surface area contributed by atoms with E-state index in [1.807, 2.05) is 37.4 Å². The molecule has 4 nitrogen and oxygen atoms in total. The number of rotatable bonds is 7.